The minimum Gasteiger partial charge on any atom is -0.497 e. The highest BCUT2D eigenvalue weighted by molar-refractivity contribution is 5.95. The number of carbonyl (C=O) groups excluding carboxylic acids is 1. The number of hydrogen-bond donors (Lipinski definition) is 1. The maximum atomic E-state index is 12.4. The van der Waals surface area contributed by atoms with Crippen LogP contribution in [-0.2, 0) is 0 Å². The highest BCUT2D eigenvalue weighted by Crippen LogP contribution is 2.33. The van der Waals surface area contributed by atoms with Crippen molar-refractivity contribution in [1.29, 1.82) is 0 Å². The average molecular weight is 375 g/mol. The van der Waals surface area contributed by atoms with Gasteiger partial charge < -0.3 is 14.8 Å². The summed E-state index contributed by atoms with van der Waals surface area (Å²) in [4.78, 5) is 21.1. The van der Waals surface area contributed by atoms with Crippen LogP contribution >= 0.6 is 0 Å². The Bertz CT molecular complexity index is 1020. The van der Waals surface area contributed by atoms with Crippen molar-refractivity contribution in [3.63, 3.8) is 0 Å². The van der Waals surface area contributed by atoms with Gasteiger partial charge in [0, 0.05) is 41.3 Å². The lowest BCUT2D eigenvalue weighted by Gasteiger charge is -2.13. The average Bonchev–Trinajstić information content (AvgIpc) is 3.52. The Morgan fingerprint density at radius 2 is 1.89 bits per heavy atom. The molecule has 2 aromatic heterocycles. The molecule has 1 fully saturated rings. The Morgan fingerprint density at radius 1 is 1.07 bits per heavy atom. The molecule has 1 aromatic carbocycles. The van der Waals surface area contributed by atoms with E-state index >= 15 is 0 Å². The van der Waals surface area contributed by atoms with Gasteiger partial charge >= 0.3 is 0 Å². The summed E-state index contributed by atoms with van der Waals surface area (Å²) in [6.45, 7) is 1.94. The maximum Gasteiger partial charge on any atom is 0.251 e. The molecule has 1 amide bonds. The third-order valence-corrected chi connectivity index (χ3v) is 4.48. The molecule has 1 aliphatic carbocycles. The first-order chi connectivity index (χ1) is 13.6. The summed E-state index contributed by atoms with van der Waals surface area (Å²) in [5, 5.41) is 2.98. The number of amides is 1. The fraction of sp³-hybridized carbons (Fsp3) is 0.227. The standard InChI is InChI=1S/C22H21N3O3/c1-14-10-15(7-9-23-14)20-4-3-8-24-22(20)28-19-12-16(11-18(13-19)27-2)21(26)25-17-5-6-17/h3-4,7-13,17H,5-6H2,1-2H3,(H,25,26). The van der Waals surface area contributed by atoms with Crippen LogP contribution in [0.15, 0.2) is 54.9 Å². The fourth-order valence-electron chi connectivity index (χ4n) is 2.89. The van der Waals surface area contributed by atoms with Crippen LogP contribution < -0.4 is 14.8 Å². The fourth-order valence-corrected chi connectivity index (χ4v) is 2.89. The van der Waals surface area contributed by atoms with Crippen molar-refractivity contribution >= 4 is 5.91 Å². The molecule has 0 unspecified atom stereocenters. The van der Waals surface area contributed by atoms with E-state index in [0.29, 0.717) is 22.9 Å². The molecule has 0 bridgehead atoms. The Hall–Kier alpha value is -3.41. The molecule has 1 N–H and O–H groups in total. The number of pyridine rings is 2. The number of benzene rings is 1. The number of ether oxygens (including phenoxy) is 2. The molecular formula is C22H21N3O3. The third kappa shape index (κ3) is 4.11. The summed E-state index contributed by atoms with van der Waals surface area (Å²) in [6, 6.07) is 13.1. The lowest BCUT2D eigenvalue weighted by atomic mass is 10.1. The molecule has 0 radical (unpaired) electrons. The molecule has 6 heteroatoms. The molecule has 1 saturated carbocycles. The van der Waals surface area contributed by atoms with Crippen LogP contribution in [0.25, 0.3) is 11.1 Å². The molecule has 1 aliphatic rings. The van der Waals surface area contributed by atoms with Crippen molar-refractivity contribution < 1.29 is 14.3 Å². The number of methoxy groups -OCH3 is 1. The summed E-state index contributed by atoms with van der Waals surface area (Å²) in [5.74, 6) is 1.37. The second-order valence-electron chi connectivity index (χ2n) is 6.79. The zero-order chi connectivity index (χ0) is 19.5. The van der Waals surface area contributed by atoms with Gasteiger partial charge in [0.1, 0.15) is 11.5 Å². The van der Waals surface area contributed by atoms with Crippen molar-refractivity contribution in [3.8, 4) is 28.5 Å². The number of aromatic nitrogens is 2. The Balaban J connectivity index is 1.66. The molecule has 4 rings (SSSR count). The van der Waals surface area contributed by atoms with E-state index in [1.165, 1.54) is 0 Å². The highest BCUT2D eigenvalue weighted by Gasteiger charge is 2.24. The first-order valence-electron chi connectivity index (χ1n) is 9.18. The van der Waals surface area contributed by atoms with Gasteiger partial charge in [0.15, 0.2) is 0 Å². The van der Waals surface area contributed by atoms with Crippen LogP contribution in [0.3, 0.4) is 0 Å². The number of nitrogens with zero attached hydrogens (tertiary/aromatic N) is 2. The zero-order valence-electron chi connectivity index (χ0n) is 15.8. The summed E-state index contributed by atoms with van der Waals surface area (Å²) in [7, 11) is 1.56. The first kappa shape index (κ1) is 18.0. The van der Waals surface area contributed by atoms with Gasteiger partial charge in [0.2, 0.25) is 5.88 Å². The van der Waals surface area contributed by atoms with Crippen molar-refractivity contribution in [2.75, 3.05) is 7.11 Å². The molecule has 0 aliphatic heterocycles. The minimum atomic E-state index is -0.128. The van der Waals surface area contributed by atoms with Gasteiger partial charge in [-0.05, 0) is 61.7 Å². The van der Waals surface area contributed by atoms with E-state index in [1.54, 1.807) is 37.7 Å². The van der Waals surface area contributed by atoms with E-state index in [0.717, 1.165) is 29.7 Å². The largest absolute Gasteiger partial charge is 0.497 e. The molecule has 0 atom stereocenters. The van der Waals surface area contributed by atoms with Crippen LogP contribution in [-0.4, -0.2) is 29.0 Å². The second kappa shape index (κ2) is 7.68. The van der Waals surface area contributed by atoms with Gasteiger partial charge in [-0.3, -0.25) is 9.78 Å². The lowest BCUT2D eigenvalue weighted by Crippen LogP contribution is -2.25. The minimum absolute atomic E-state index is 0.128. The topological polar surface area (TPSA) is 73.3 Å². The van der Waals surface area contributed by atoms with Gasteiger partial charge in [0.05, 0.1) is 7.11 Å². The van der Waals surface area contributed by atoms with Gasteiger partial charge in [-0.1, -0.05) is 0 Å². The SMILES string of the molecule is COc1cc(Oc2ncccc2-c2ccnc(C)c2)cc(C(=O)NC2CC2)c1. The van der Waals surface area contributed by atoms with Crippen LogP contribution in [0.4, 0.5) is 0 Å². The predicted molar refractivity (Wildman–Crippen MR) is 106 cm³/mol. The number of aryl methyl sites for hydroxylation is 1. The molecule has 28 heavy (non-hydrogen) atoms. The number of carbonyl (C=O) groups is 1. The third-order valence-electron chi connectivity index (χ3n) is 4.48. The van der Waals surface area contributed by atoms with Crippen LogP contribution in [0.1, 0.15) is 28.9 Å². The van der Waals surface area contributed by atoms with E-state index in [9.17, 15) is 4.79 Å². The Morgan fingerprint density at radius 3 is 2.64 bits per heavy atom. The monoisotopic (exact) mass is 375 g/mol. The van der Waals surface area contributed by atoms with Crippen LogP contribution in [0.5, 0.6) is 17.4 Å². The number of hydrogen-bond acceptors (Lipinski definition) is 5. The molecule has 0 spiro atoms. The molecule has 6 nitrogen and oxygen atoms in total. The van der Waals surface area contributed by atoms with Gasteiger partial charge in [-0.25, -0.2) is 4.98 Å². The van der Waals surface area contributed by atoms with Crippen molar-refractivity contribution in [1.82, 2.24) is 15.3 Å². The van der Waals surface area contributed by atoms with Gasteiger partial charge in [-0.2, -0.15) is 0 Å². The van der Waals surface area contributed by atoms with E-state index in [-0.39, 0.29) is 11.9 Å². The Labute approximate surface area is 163 Å². The number of nitrogens with one attached hydrogen (secondary N) is 1. The van der Waals surface area contributed by atoms with Crippen LogP contribution in [0, 0.1) is 6.92 Å². The number of rotatable bonds is 6. The van der Waals surface area contributed by atoms with Crippen molar-refractivity contribution in [3.05, 3.63) is 66.1 Å². The molecule has 3 aromatic rings. The molecule has 2 heterocycles. The predicted octanol–water partition coefficient (Wildman–Crippen LogP) is 4.15. The first-order valence-corrected chi connectivity index (χ1v) is 9.18. The van der Waals surface area contributed by atoms with E-state index < -0.39 is 0 Å². The summed E-state index contributed by atoms with van der Waals surface area (Å²) in [5.41, 5.74) is 3.22. The van der Waals surface area contributed by atoms with E-state index in [4.69, 9.17) is 9.47 Å². The molecule has 0 saturated heterocycles. The summed E-state index contributed by atoms with van der Waals surface area (Å²) < 4.78 is 11.4. The maximum absolute atomic E-state index is 12.4. The van der Waals surface area contributed by atoms with Gasteiger partial charge in [-0.15, -0.1) is 0 Å². The zero-order valence-corrected chi connectivity index (χ0v) is 15.8. The van der Waals surface area contributed by atoms with E-state index in [1.807, 2.05) is 31.2 Å². The van der Waals surface area contributed by atoms with Gasteiger partial charge in [0.25, 0.3) is 5.91 Å². The normalized spacial score (nSPS) is 13.1. The molecular weight excluding hydrogens is 354 g/mol. The Kier molecular flexibility index (Phi) is 4.93. The van der Waals surface area contributed by atoms with Crippen LogP contribution in [0.2, 0.25) is 0 Å². The quantitative estimate of drug-likeness (QED) is 0.701. The smallest absolute Gasteiger partial charge is 0.251 e. The van der Waals surface area contributed by atoms with Crippen molar-refractivity contribution in [2.24, 2.45) is 0 Å². The van der Waals surface area contributed by atoms with E-state index in [2.05, 4.69) is 15.3 Å². The lowest BCUT2D eigenvalue weighted by molar-refractivity contribution is 0.0950. The summed E-state index contributed by atoms with van der Waals surface area (Å²) >= 11 is 0. The summed E-state index contributed by atoms with van der Waals surface area (Å²) in [6.07, 6.45) is 5.49. The highest BCUT2D eigenvalue weighted by atomic mass is 16.5. The van der Waals surface area contributed by atoms with Crippen molar-refractivity contribution in [2.45, 2.75) is 25.8 Å². The second-order valence-corrected chi connectivity index (χ2v) is 6.79. The molecule has 142 valence electrons.